The van der Waals surface area contributed by atoms with E-state index in [0.717, 1.165) is 12.8 Å². The first kappa shape index (κ1) is 29.9. The zero-order valence-electron chi connectivity index (χ0n) is 20.9. The van der Waals surface area contributed by atoms with Crippen LogP contribution >= 0.6 is 0 Å². The molecule has 2 aromatic rings. The summed E-state index contributed by atoms with van der Waals surface area (Å²) in [7, 11) is 0. The van der Waals surface area contributed by atoms with E-state index in [0.29, 0.717) is 12.8 Å². The first-order chi connectivity index (χ1) is 18.2. The van der Waals surface area contributed by atoms with Crippen molar-refractivity contribution in [2.45, 2.75) is 51.4 Å². The Balaban J connectivity index is 1.53. The van der Waals surface area contributed by atoms with Crippen LogP contribution in [0.2, 0.25) is 0 Å². The number of carboxylic acids is 2. The fraction of sp³-hybridized carbons (Fsp3) is 0.357. The zero-order chi connectivity index (χ0) is 27.9. The molecule has 2 aromatic carbocycles. The van der Waals surface area contributed by atoms with Gasteiger partial charge in [0.25, 0.3) is 0 Å². The van der Waals surface area contributed by atoms with Gasteiger partial charge in [0.1, 0.15) is 0 Å². The van der Waals surface area contributed by atoms with Gasteiger partial charge in [-0.15, -0.1) is 0 Å². The van der Waals surface area contributed by atoms with Crippen LogP contribution in [0, 0.1) is 0 Å². The number of unbranched alkanes of at least 4 members (excludes halogenated alkanes) is 3. The van der Waals surface area contributed by atoms with Crippen LogP contribution in [0.15, 0.2) is 48.5 Å². The molecule has 10 heteroatoms. The van der Waals surface area contributed by atoms with Crippen LogP contribution in [0.1, 0.15) is 92.8 Å². The molecule has 202 valence electrons. The van der Waals surface area contributed by atoms with Gasteiger partial charge in [0, 0.05) is 24.0 Å². The summed E-state index contributed by atoms with van der Waals surface area (Å²) in [6, 6.07) is 11.7. The van der Waals surface area contributed by atoms with E-state index in [1.54, 1.807) is 12.1 Å². The Hall–Kier alpha value is -4.34. The van der Waals surface area contributed by atoms with Gasteiger partial charge in [-0.2, -0.15) is 0 Å². The fourth-order valence-electron chi connectivity index (χ4n) is 3.60. The minimum atomic E-state index is -1.21. The molecule has 0 aliphatic heterocycles. The number of rotatable bonds is 17. The summed E-state index contributed by atoms with van der Waals surface area (Å²) in [5.74, 6) is -4.38. The average molecular weight is 527 g/mol. The van der Waals surface area contributed by atoms with Gasteiger partial charge >= 0.3 is 23.9 Å². The number of ketones is 2. The SMILES string of the molecule is O=C(CCC(=O)c1ccccc1C(=O)O)OCCCCCCOC(=O)CCC(=O)c1ccccc1C(=O)O. The molecule has 38 heavy (non-hydrogen) atoms. The van der Waals surface area contributed by atoms with E-state index in [9.17, 15) is 28.8 Å². The van der Waals surface area contributed by atoms with Crippen LogP contribution in [-0.2, 0) is 19.1 Å². The third kappa shape index (κ3) is 9.96. The van der Waals surface area contributed by atoms with Gasteiger partial charge in [-0.1, -0.05) is 36.4 Å². The molecule has 0 fully saturated rings. The number of hydrogen-bond donors (Lipinski definition) is 2. The lowest BCUT2D eigenvalue weighted by Crippen LogP contribution is -2.12. The van der Waals surface area contributed by atoms with E-state index >= 15 is 0 Å². The second kappa shape index (κ2) is 15.7. The molecule has 2 rings (SSSR count). The van der Waals surface area contributed by atoms with Crippen molar-refractivity contribution in [1.29, 1.82) is 0 Å². The van der Waals surface area contributed by atoms with E-state index in [4.69, 9.17) is 19.7 Å². The monoisotopic (exact) mass is 526 g/mol. The molecule has 0 aliphatic carbocycles. The largest absolute Gasteiger partial charge is 0.478 e. The second-order valence-corrected chi connectivity index (χ2v) is 8.40. The Morgan fingerprint density at radius 1 is 0.500 bits per heavy atom. The van der Waals surface area contributed by atoms with Gasteiger partial charge in [0.05, 0.1) is 37.2 Å². The smallest absolute Gasteiger partial charge is 0.336 e. The molecule has 10 nitrogen and oxygen atoms in total. The second-order valence-electron chi connectivity index (χ2n) is 8.40. The summed E-state index contributed by atoms with van der Waals surface area (Å²) in [4.78, 5) is 70.6. The lowest BCUT2D eigenvalue weighted by Gasteiger charge is -2.07. The molecule has 2 N–H and O–H groups in total. The Labute approximate surface area is 219 Å². The van der Waals surface area contributed by atoms with E-state index in [1.165, 1.54) is 36.4 Å². The number of carbonyl (C=O) groups excluding carboxylic acids is 4. The highest BCUT2D eigenvalue weighted by Crippen LogP contribution is 2.14. The molecule has 0 heterocycles. The van der Waals surface area contributed by atoms with Gasteiger partial charge < -0.3 is 19.7 Å². The minimum absolute atomic E-state index is 0.0589. The predicted octanol–water partition coefficient (Wildman–Crippen LogP) is 4.36. The maximum absolute atomic E-state index is 12.2. The Bertz CT molecular complexity index is 1080. The van der Waals surface area contributed by atoms with Gasteiger partial charge in [0.2, 0.25) is 0 Å². The highest BCUT2D eigenvalue weighted by Gasteiger charge is 2.18. The summed E-state index contributed by atoms with van der Waals surface area (Å²) >= 11 is 0. The number of hydrogen-bond acceptors (Lipinski definition) is 8. The highest BCUT2D eigenvalue weighted by atomic mass is 16.5. The van der Waals surface area contributed by atoms with E-state index in [2.05, 4.69) is 0 Å². The lowest BCUT2D eigenvalue weighted by atomic mass is 10.0. The molecule has 0 atom stereocenters. The third-order valence-corrected chi connectivity index (χ3v) is 5.59. The molecule has 0 saturated heterocycles. The normalized spacial score (nSPS) is 10.4. The van der Waals surface area contributed by atoms with Crippen molar-refractivity contribution in [2.75, 3.05) is 13.2 Å². The quantitative estimate of drug-likeness (QED) is 0.172. The number of benzene rings is 2. The Morgan fingerprint density at radius 2 is 0.842 bits per heavy atom. The predicted molar refractivity (Wildman–Crippen MR) is 134 cm³/mol. The molecule has 0 spiro atoms. The summed E-state index contributed by atoms with van der Waals surface area (Å²) in [5.41, 5.74) is -0.0923. The molecule has 0 amide bonds. The van der Waals surface area contributed by atoms with Crippen molar-refractivity contribution >= 4 is 35.4 Å². The van der Waals surface area contributed by atoms with Crippen molar-refractivity contribution < 1.29 is 48.5 Å². The average Bonchev–Trinajstić information content (AvgIpc) is 2.91. The van der Waals surface area contributed by atoms with Crippen LogP contribution in [0.4, 0.5) is 0 Å². The molecule has 0 unspecified atom stereocenters. The number of ether oxygens (including phenoxy) is 2. The number of esters is 2. The van der Waals surface area contributed by atoms with Crippen LogP contribution in [0.5, 0.6) is 0 Å². The van der Waals surface area contributed by atoms with Crippen LogP contribution in [-0.4, -0.2) is 58.9 Å². The van der Waals surface area contributed by atoms with Crippen molar-refractivity contribution in [2.24, 2.45) is 0 Å². The standard InChI is InChI=1S/C28H30O10/c29-23(19-9-3-5-11-21(19)27(33)34)13-15-25(31)37-17-7-1-2-8-18-38-26(32)16-14-24(30)20-10-4-6-12-22(20)28(35)36/h3-6,9-12H,1-2,7-8,13-18H2,(H,33,34)(H,35,36). The molecule has 0 saturated carbocycles. The minimum Gasteiger partial charge on any atom is -0.478 e. The van der Waals surface area contributed by atoms with E-state index in [1.807, 2.05) is 0 Å². The summed E-state index contributed by atoms with van der Waals surface area (Å²) in [5, 5.41) is 18.3. The van der Waals surface area contributed by atoms with Gasteiger partial charge in [-0.25, -0.2) is 9.59 Å². The summed E-state index contributed by atoms with van der Waals surface area (Å²) in [6.07, 6.45) is 2.04. The zero-order valence-corrected chi connectivity index (χ0v) is 20.9. The molecule has 0 aliphatic rings. The molecular weight excluding hydrogens is 496 g/mol. The molecule has 0 radical (unpaired) electrons. The van der Waals surface area contributed by atoms with Crippen molar-refractivity contribution in [3.8, 4) is 0 Å². The third-order valence-electron chi connectivity index (χ3n) is 5.59. The van der Waals surface area contributed by atoms with Gasteiger partial charge in [-0.3, -0.25) is 19.2 Å². The molecule has 0 bridgehead atoms. The Kier molecular flexibility index (Phi) is 12.4. The van der Waals surface area contributed by atoms with Crippen LogP contribution in [0.3, 0.4) is 0 Å². The van der Waals surface area contributed by atoms with Crippen molar-refractivity contribution in [1.82, 2.24) is 0 Å². The Morgan fingerprint density at radius 3 is 1.18 bits per heavy atom. The molecule has 0 aromatic heterocycles. The van der Waals surface area contributed by atoms with E-state index < -0.39 is 35.4 Å². The molecular formula is C28H30O10. The summed E-state index contributed by atoms with van der Waals surface area (Å²) < 4.78 is 10.2. The lowest BCUT2D eigenvalue weighted by molar-refractivity contribution is -0.144. The van der Waals surface area contributed by atoms with E-state index in [-0.39, 0.29) is 61.2 Å². The van der Waals surface area contributed by atoms with Gasteiger partial charge in [-0.05, 0) is 37.8 Å². The van der Waals surface area contributed by atoms with Crippen LogP contribution < -0.4 is 0 Å². The summed E-state index contributed by atoms with van der Waals surface area (Å²) in [6.45, 7) is 0.358. The number of carboxylic acid groups (broad SMARTS) is 2. The van der Waals surface area contributed by atoms with Crippen LogP contribution in [0.25, 0.3) is 0 Å². The van der Waals surface area contributed by atoms with Crippen molar-refractivity contribution in [3.05, 3.63) is 70.8 Å². The topological polar surface area (TPSA) is 161 Å². The van der Waals surface area contributed by atoms with Gasteiger partial charge in [0.15, 0.2) is 11.6 Å². The maximum Gasteiger partial charge on any atom is 0.336 e. The number of aromatic carboxylic acids is 2. The number of carbonyl (C=O) groups is 6. The maximum atomic E-state index is 12.2. The number of Topliss-reactive ketones (excluding diaryl/α,β-unsaturated/α-hetero) is 2. The first-order valence-electron chi connectivity index (χ1n) is 12.2. The highest BCUT2D eigenvalue weighted by molar-refractivity contribution is 6.07. The first-order valence-corrected chi connectivity index (χ1v) is 12.2. The van der Waals surface area contributed by atoms with Crippen molar-refractivity contribution in [3.63, 3.8) is 0 Å². The fourth-order valence-corrected chi connectivity index (χ4v) is 3.60.